The predicted octanol–water partition coefficient (Wildman–Crippen LogP) is 3.21. The highest BCUT2D eigenvalue weighted by atomic mass is 16.5. The molecule has 0 aliphatic carbocycles. The van der Waals surface area contributed by atoms with Crippen LogP contribution in [0.2, 0.25) is 0 Å². The van der Waals surface area contributed by atoms with Crippen molar-refractivity contribution in [2.24, 2.45) is 10.2 Å². The van der Waals surface area contributed by atoms with Gasteiger partial charge in [0.1, 0.15) is 17.2 Å². The normalized spacial score (nSPS) is 10.6. The van der Waals surface area contributed by atoms with Crippen molar-refractivity contribution in [2.75, 3.05) is 7.11 Å². The van der Waals surface area contributed by atoms with Gasteiger partial charge in [-0.15, -0.1) is 10.2 Å². The van der Waals surface area contributed by atoms with Gasteiger partial charge in [0.05, 0.1) is 7.11 Å². The van der Waals surface area contributed by atoms with Crippen molar-refractivity contribution >= 4 is 11.5 Å². The zero-order valence-electron chi connectivity index (χ0n) is 9.24. The van der Waals surface area contributed by atoms with Crippen LogP contribution in [0.4, 0.5) is 11.5 Å². The Bertz CT molecular complexity index is 527. The minimum absolute atomic E-state index is 0.0467. The van der Waals surface area contributed by atoms with E-state index in [2.05, 4.69) is 15.2 Å². The Morgan fingerprint density at radius 1 is 1.18 bits per heavy atom. The molecule has 5 heteroatoms. The SMILES string of the molecule is COc1ccc(O)c(N=Nc2ccccn2)c1. The van der Waals surface area contributed by atoms with Gasteiger partial charge in [0.25, 0.3) is 0 Å². The van der Waals surface area contributed by atoms with Gasteiger partial charge in [0.2, 0.25) is 0 Å². The molecule has 17 heavy (non-hydrogen) atoms. The molecule has 0 bridgehead atoms. The zero-order valence-corrected chi connectivity index (χ0v) is 9.24. The second-order valence-corrected chi connectivity index (χ2v) is 3.24. The van der Waals surface area contributed by atoms with E-state index in [1.165, 1.54) is 6.07 Å². The largest absolute Gasteiger partial charge is 0.506 e. The van der Waals surface area contributed by atoms with Crippen LogP contribution in [0.25, 0.3) is 0 Å². The van der Waals surface area contributed by atoms with E-state index < -0.39 is 0 Å². The molecule has 1 aromatic heterocycles. The van der Waals surface area contributed by atoms with E-state index >= 15 is 0 Å². The summed E-state index contributed by atoms with van der Waals surface area (Å²) in [6, 6.07) is 10.1. The number of aromatic hydroxyl groups is 1. The summed E-state index contributed by atoms with van der Waals surface area (Å²) in [5, 5.41) is 17.4. The summed E-state index contributed by atoms with van der Waals surface area (Å²) in [4.78, 5) is 3.99. The van der Waals surface area contributed by atoms with Gasteiger partial charge in [-0.2, -0.15) is 0 Å². The quantitative estimate of drug-likeness (QED) is 0.821. The molecule has 86 valence electrons. The van der Waals surface area contributed by atoms with Gasteiger partial charge >= 0.3 is 0 Å². The molecule has 2 aromatic rings. The standard InChI is InChI=1S/C12H11N3O2/c1-17-9-5-6-11(16)10(8-9)14-15-12-4-2-3-7-13-12/h2-8,16H,1H3. The van der Waals surface area contributed by atoms with Gasteiger partial charge in [-0.1, -0.05) is 6.07 Å². The number of aromatic nitrogens is 1. The summed E-state index contributed by atoms with van der Waals surface area (Å²) in [7, 11) is 1.55. The minimum Gasteiger partial charge on any atom is -0.506 e. The van der Waals surface area contributed by atoms with Crippen molar-refractivity contribution in [1.29, 1.82) is 0 Å². The van der Waals surface area contributed by atoms with Crippen LogP contribution in [-0.2, 0) is 0 Å². The van der Waals surface area contributed by atoms with E-state index in [0.29, 0.717) is 17.3 Å². The predicted molar refractivity (Wildman–Crippen MR) is 63.1 cm³/mol. The van der Waals surface area contributed by atoms with Crippen LogP contribution in [-0.4, -0.2) is 17.2 Å². The maximum Gasteiger partial charge on any atom is 0.174 e. The number of ether oxygens (including phenoxy) is 1. The van der Waals surface area contributed by atoms with Crippen LogP contribution in [0.5, 0.6) is 11.5 Å². The average molecular weight is 229 g/mol. The summed E-state index contributed by atoms with van der Waals surface area (Å²) < 4.78 is 5.03. The smallest absolute Gasteiger partial charge is 0.174 e. The molecule has 0 aliphatic rings. The maximum absolute atomic E-state index is 9.58. The first-order valence-corrected chi connectivity index (χ1v) is 4.99. The third-order valence-corrected chi connectivity index (χ3v) is 2.09. The van der Waals surface area contributed by atoms with Gasteiger partial charge < -0.3 is 9.84 Å². The lowest BCUT2D eigenvalue weighted by Gasteiger charge is -2.01. The molecule has 0 atom stereocenters. The van der Waals surface area contributed by atoms with E-state index in [1.807, 2.05) is 6.07 Å². The summed E-state index contributed by atoms with van der Waals surface area (Å²) in [6.07, 6.45) is 1.62. The third kappa shape index (κ3) is 2.78. The van der Waals surface area contributed by atoms with Crippen LogP contribution < -0.4 is 4.74 Å². The van der Waals surface area contributed by atoms with Crippen molar-refractivity contribution in [1.82, 2.24) is 4.98 Å². The summed E-state index contributed by atoms with van der Waals surface area (Å²) >= 11 is 0. The number of rotatable bonds is 3. The number of azo groups is 1. The van der Waals surface area contributed by atoms with Gasteiger partial charge in [-0.3, -0.25) is 0 Å². The summed E-state index contributed by atoms with van der Waals surface area (Å²) in [5.74, 6) is 1.14. The van der Waals surface area contributed by atoms with Crippen LogP contribution in [0.1, 0.15) is 0 Å². The van der Waals surface area contributed by atoms with E-state index in [-0.39, 0.29) is 5.75 Å². The van der Waals surface area contributed by atoms with E-state index in [1.54, 1.807) is 37.6 Å². The summed E-state index contributed by atoms with van der Waals surface area (Å²) in [5.41, 5.74) is 0.343. The molecule has 0 unspecified atom stereocenters. The molecule has 2 rings (SSSR count). The Morgan fingerprint density at radius 3 is 2.76 bits per heavy atom. The minimum atomic E-state index is 0.0467. The van der Waals surface area contributed by atoms with E-state index in [0.717, 1.165) is 0 Å². The molecule has 1 aromatic carbocycles. The van der Waals surface area contributed by atoms with Crippen LogP contribution in [0.3, 0.4) is 0 Å². The van der Waals surface area contributed by atoms with Crippen molar-refractivity contribution < 1.29 is 9.84 Å². The number of methoxy groups -OCH3 is 1. The molecule has 1 N–H and O–H groups in total. The molecular formula is C12H11N3O2. The number of nitrogens with zero attached hydrogens (tertiary/aromatic N) is 3. The third-order valence-electron chi connectivity index (χ3n) is 2.09. The second kappa shape index (κ2) is 5.07. The number of hydrogen-bond acceptors (Lipinski definition) is 5. The average Bonchev–Trinajstić information content (AvgIpc) is 2.39. The highest BCUT2D eigenvalue weighted by molar-refractivity contribution is 5.54. The van der Waals surface area contributed by atoms with Crippen LogP contribution in [0.15, 0.2) is 52.8 Å². The second-order valence-electron chi connectivity index (χ2n) is 3.24. The lowest BCUT2D eigenvalue weighted by Crippen LogP contribution is -1.81. The Hall–Kier alpha value is -2.43. The van der Waals surface area contributed by atoms with Crippen molar-refractivity contribution in [2.45, 2.75) is 0 Å². The summed E-state index contributed by atoms with van der Waals surface area (Å²) in [6.45, 7) is 0. The van der Waals surface area contributed by atoms with Gasteiger partial charge in [0, 0.05) is 12.3 Å². The highest BCUT2D eigenvalue weighted by Gasteiger charge is 2.01. The van der Waals surface area contributed by atoms with Crippen LogP contribution >= 0.6 is 0 Å². The van der Waals surface area contributed by atoms with E-state index in [9.17, 15) is 5.11 Å². The molecule has 5 nitrogen and oxygen atoms in total. The van der Waals surface area contributed by atoms with Crippen molar-refractivity contribution in [3.63, 3.8) is 0 Å². The molecule has 0 aliphatic heterocycles. The van der Waals surface area contributed by atoms with Gasteiger partial charge in [0.15, 0.2) is 5.82 Å². The molecule has 0 radical (unpaired) electrons. The fraction of sp³-hybridized carbons (Fsp3) is 0.0833. The number of phenolic OH excluding ortho intramolecular Hbond substituents is 1. The lowest BCUT2D eigenvalue weighted by molar-refractivity contribution is 0.412. The first-order chi connectivity index (χ1) is 8.29. The zero-order chi connectivity index (χ0) is 12.1. The van der Waals surface area contributed by atoms with Crippen molar-refractivity contribution in [3.05, 3.63) is 42.6 Å². The highest BCUT2D eigenvalue weighted by Crippen LogP contribution is 2.31. The topological polar surface area (TPSA) is 67.1 Å². The Balaban J connectivity index is 2.26. The van der Waals surface area contributed by atoms with Crippen molar-refractivity contribution in [3.8, 4) is 11.5 Å². The number of hydrogen-bond donors (Lipinski definition) is 1. The number of pyridine rings is 1. The fourth-order valence-corrected chi connectivity index (χ4v) is 1.23. The lowest BCUT2D eigenvalue weighted by atomic mass is 10.3. The molecule has 0 saturated heterocycles. The van der Waals surface area contributed by atoms with E-state index in [4.69, 9.17) is 4.74 Å². The Kier molecular flexibility index (Phi) is 3.30. The number of phenols is 1. The first-order valence-electron chi connectivity index (χ1n) is 4.99. The number of benzene rings is 1. The first kappa shape index (κ1) is 11.1. The van der Waals surface area contributed by atoms with Gasteiger partial charge in [-0.25, -0.2) is 4.98 Å². The fourth-order valence-electron chi connectivity index (χ4n) is 1.23. The monoisotopic (exact) mass is 229 g/mol. The molecule has 0 amide bonds. The maximum atomic E-state index is 9.58. The molecular weight excluding hydrogens is 218 g/mol. The Labute approximate surface area is 98.4 Å². The van der Waals surface area contributed by atoms with Gasteiger partial charge in [-0.05, 0) is 24.3 Å². The molecule has 0 saturated carbocycles. The molecule has 0 fully saturated rings. The Morgan fingerprint density at radius 2 is 2.06 bits per heavy atom. The van der Waals surface area contributed by atoms with Crippen LogP contribution in [0, 0.1) is 0 Å². The molecule has 0 spiro atoms. The molecule has 1 heterocycles.